The molecule has 0 radical (unpaired) electrons. The Labute approximate surface area is 99.3 Å². The third-order valence-electron chi connectivity index (χ3n) is 2.39. The van der Waals surface area contributed by atoms with Crippen LogP contribution in [0.25, 0.3) is 11.4 Å². The maximum atomic E-state index is 9.76. The maximum absolute atomic E-state index is 9.76. The maximum Gasteiger partial charge on any atom is 0.165 e. The largest absolute Gasteiger partial charge is 0.507 e. The van der Waals surface area contributed by atoms with Crippen LogP contribution in [0.5, 0.6) is 5.75 Å². The van der Waals surface area contributed by atoms with Crippen LogP contribution in [0.1, 0.15) is 5.69 Å². The van der Waals surface area contributed by atoms with Gasteiger partial charge in [0.15, 0.2) is 5.82 Å². The van der Waals surface area contributed by atoms with E-state index in [0.717, 1.165) is 5.69 Å². The highest BCUT2D eigenvalue weighted by atomic mass is 16.3. The number of nitrogens with one attached hydrogen (secondary N) is 1. The first-order chi connectivity index (χ1) is 8.24. The summed E-state index contributed by atoms with van der Waals surface area (Å²) in [4.78, 5) is 8.59. The van der Waals surface area contributed by atoms with Crippen molar-refractivity contribution < 1.29 is 5.11 Å². The highest BCUT2D eigenvalue weighted by molar-refractivity contribution is 5.64. The molecule has 17 heavy (non-hydrogen) atoms. The van der Waals surface area contributed by atoms with Crippen LogP contribution < -0.4 is 11.1 Å². The molecular formula is C12H14N4O. The van der Waals surface area contributed by atoms with Crippen LogP contribution >= 0.6 is 0 Å². The molecule has 2 aromatic rings. The second-order valence-electron chi connectivity index (χ2n) is 3.54. The standard InChI is InChI=1S/C12H14N4O/c1-14-11-6-8(7-13)15-12(16-11)9-4-2-3-5-10(9)17/h2-6,17H,7,13H2,1H3,(H,14,15,16). The Morgan fingerprint density at radius 3 is 2.71 bits per heavy atom. The molecule has 0 unspecified atom stereocenters. The van der Waals surface area contributed by atoms with E-state index in [2.05, 4.69) is 15.3 Å². The molecule has 1 aromatic heterocycles. The van der Waals surface area contributed by atoms with Crippen LogP contribution in [0.3, 0.4) is 0 Å². The number of hydrogen-bond donors (Lipinski definition) is 3. The van der Waals surface area contributed by atoms with Gasteiger partial charge in [-0.05, 0) is 12.1 Å². The van der Waals surface area contributed by atoms with Crippen molar-refractivity contribution in [3.8, 4) is 17.1 Å². The second kappa shape index (κ2) is 4.80. The minimum absolute atomic E-state index is 0.156. The first-order valence-electron chi connectivity index (χ1n) is 5.28. The van der Waals surface area contributed by atoms with Crippen molar-refractivity contribution in [2.75, 3.05) is 12.4 Å². The van der Waals surface area contributed by atoms with Gasteiger partial charge < -0.3 is 16.2 Å². The molecule has 88 valence electrons. The zero-order chi connectivity index (χ0) is 12.3. The molecule has 0 aliphatic rings. The van der Waals surface area contributed by atoms with E-state index < -0.39 is 0 Å². The van der Waals surface area contributed by atoms with Gasteiger partial charge in [-0.2, -0.15) is 0 Å². The van der Waals surface area contributed by atoms with Crippen LogP contribution in [0.4, 0.5) is 5.82 Å². The van der Waals surface area contributed by atoms with Gasteiger partial charge in [0.2, 0.25) is 0 Å². The van der Waals surface area contributed by atoms with E-state index in [1.54, 1.807) is 31.3 Å². The Morgan fingerprint density at radius 2 is 2.06 bits per heavy atom. The minimum Gasteiger partial charge on any atom is -0.507 e. The average Bonchev–Trinajstić information content (AvgIpc) is 2.38. The van der Waals surface area contributed by atoms with Crippen molar-refractivity contribution in [3.05, 3.63) is 36.0 Å². The smallest absolute Gasteiger partial charge is 0.165 e. The van der Waals surface area contributed by atoms with E-state index in [1.807, 2.05) is 6.07 Å². The van der Waals surface area contributed by atoms with Crippen LogP contribution in [0.2, 0.25) is 0 Å². The number of para-hydroxylation sites is 1. The molecule has 0 fully saturated rings. The fourth-order valence-corrected chi connectivity index (χ4v) is 1.51. The van der Waals surface area contributed by atoms with Gasteiger partial charge in [-0.3, -0.25) is 0 Å². The van der Waals surface area contributed by atoms with Crippen molar-refractivity contribution in [3.63, 3.8) is 0 Å². The Balaban J connectivity index is 2.55. The first kappa shape index (κ1) is 11.3. The Morgan fingerprint density at radius 1 is 1.29 bits per heavy atom. The molecular weight excluding hydrogens is 216 g/mol. The molecule has 4 N–H and O–H groups in total. The summed E-state index contributed by atoms with van der Waals surface area (Å²) < 4.78 is 0. The molecule has 0 saturated carbocycles. The molecule has 0 spiro atoms. The van der Waals surface area contributed by atoms with E-state index in [1.165, 1.54) is 0 Å². The Kier molecular flexibility index (Phi) is 3.20. The van der Waals surface area contributed by atoms with E-state index in [-0.39, 0.29) is 5.75 Å². The zero-order valence-electron chi connectivity index (χ0n) is 9.51. The van der Waals surface area contributed by atoms with Gasteiger partial charge in [0.1, 0.15) is 11.6 Å². The van der Waals surface area contributed by atoms with Crippen LogP contribution in [-0.2, 0) is 6.54 Å². The third kappa shape index (κ3) is 2.34. The van der Waals surface area contributed by atoms with Gasteiger partial charge >= 0.3 is 0 Å². The molecule has 0 amide bonds. The number of benzene rings is 1. The third-order valence-corrected chi connectivity index (χ3v) is 2.39. The van der Waals surface area contributed by atoms with Gasteiger partial charge in [0.25, 0.3) is 0 Å². The summed E-state index contributed by atoms with van der Waals surface area (Å²) >= 11 is 0. The van der Waals surface area contributed by atoms with E-state index in [4.69, 9.17) is 5.73 Å². The SMILES string of the molecule is CNc1cc(CN)nc(-c2ccccc2O)n1. The average molecular weight is 230 g/mol. The Hall–Kier alpha value is -2.14. The Bertz CT molecular complexity index is 505. The molecule has 1 aromatic carbocycles. The molecule has 2 rings (SSSR count). The summed E-state index contributed by atoms with van der Waals surface area (Å²) in [5.74, 6) is 1.30. The number of phenols is 1. The summed E-state index contributed by atoms with van der Waals surface area (Å²) in [7, 11) is 1.78. The van der Waals surface area contributed by atoms with Crippen LogP contribution in [-0.4, -0.2) is 22.1 Å². The predicted octanol–water partition coefficient (Wildman–Crippen LogP) is 1.35. The first-order valence-corrected chi connectivity index (χ1v) is 5.28. The van der Waals surface area contributed by atoms with Crippen molar-refractivity contribution in [1.82, 2.24) is 9.97 Å². The molecule has 1 heterocycles. The lowest BCUT2D eigenvalue weighted by atomic mass is 10.2. The van der Waals surface area contributed by atoms with Gasteiger partial charge in [-0.15, -0.1) is 0 Å². The quantitative estimate of drug-likeness (QED) is 0.741. The monoisotopic (exact) mass is 230 g/mol. The molecule has 0 bridgehead atoms. The van der Waals surface area contributed by atoms with Gasteiger partial charge in [-0.25, -0.2) is 9.97 Å². The summed E-state index contributed by atoms with van der Waals surface area (Å²) in [6, 6.07) is 8.73. The fourth-order valence-electron chi connectivity index (χ4n) is 1.51. The van der Waals surface area contributed by atoms with E-state index >= 15 is 0 Å². The zero-order valence-corrected chi connectivity index (χ0v) is 9.51. The van der Waals surface area contributed by atoms with Gasteiger partial charge in [0.05, 0.1) is 11.3 Å². The summed E-state index contributed by atoms with van der Waals surface area (Å²) in [5, 5.41) is 12.7. The summed E-state index contributed by atoms with van der Waals surface area (Å²) in [6.45, 7) is 0.331. The van der Waals surface area contributed by atoms with E-state index in [9.17, 15) is 5.11 Å². The van der Waals surface area contributed by atoms with Crippen molar-refractivity contribution in [1.29, 1.82) is 0 Å². The summed E-state index contributed by atoms with van der Waals surface area (Å²) in [5.41, 5.74) is 6.90. The van der Waals surface area contributed by atoms with Crippen molar-refractivity contribution >= 4 is 5.82 Å². The fraction of sp³-hybridized carbons (Fsp3) is 0.167. The van der Waals surface area contributed by atoms with Crippen molar-refractivity contribution in [2.24, 2.45) is 5.73 Å². The topological polar surface area (TPSA) is 84.1 Å². The minimum atomic E-state index is 0.156. The van der Waals surface area contributed by atoms with Crippen LogP contribution in [0, 0.1) is 0 Å². The summed E-state index contributed by atoms with van der Waals surface area (Å²) in [6.07, 6.45) is 0. The number of hydrogen-bond acceptors (Lipinski definition) is 5. The van der Waals surface area contributed by atoms with Gasteiger partial charge in [-0.1, -0.05) is 12.1 Å². The lowest BCUT2D eigenvalue weighted by Crippen LogP contribution is -2.05. The van der Waals surface area contributed by atoms with Gasteiger partial charge in [0, 0.05) is 19.7 Å². The number of aromatic hydroxyl groups is 1. The molecule has 5 heteroatoms. The van der Waals surface area contributed by atoms with Crippen LogP contribution in [0.15, 0.2) is 30.3 Å². The molecule has 0 aliphatic carbocycles. The number of phenolic OH excluding ortho intramolecular Hbond substituents is 1. The number of nitrogens with zero attached hydrogens (tertiary/aromatic N) is 2. The molecule has 0 saturated heterocycles. The lowest BCUT2D eigenvalue weighted by molar-refractivity contribution is 0.477. The molecule has 0 aliphatic heterocycles. The highest BCUT2D eigenvalue weighted by Crippen LogP contribution is 2.26. The lowest BCUT2D eigenvalue weighted by Gasteiger charge is -2.07. The predicted molar refractivity (Wildman–Crippen MR) is 66.6 cm³/mol. The molecule has 0 atom stereocenters. The second-order valence-corrected chi connectivity index (χ2v) is 3.54. The van der Waals surface area contributed by atoms with Crippen molar-refractivity contribution in [2.45, 2.75) is 6.54 Å². The normalized spacial score (nSPS) is 10.2. The van der Waals surface area contributed by atoms with E-state index in [0.29, 0.717) is 23.8 Å². The number of nitrogens with two attached hydrogens (primary N) is 1. The number of aromatic nitrogens is 2. The molecule has 5 nitrogen and oxygen atoms in total. The number of anilines is 1. The number of rotatable bonds is 3. The highest BCUT2D eigenvalue weighted by Gasteiger charge is 2.09.